The van der Waals surface area contributed by atoms with E-state index in [1.165, 1.54) is 9.78 Å². The third-order valence-corrected chi connectivity index (χ3v) is 14.4. The molecule has 17 heteroatoms. The Morgan fingerprint density at radius 2 is 1.63 bits per heavy atom. The highest BCUT2D eigenvalue weighted by atomic mass is 35.5. The van der Waals surface area contributed by atoms with Gasteiger partial charge in [-0.3, -0.25) is 28.7 Å². The third kappa shape index (κ3) is 10.3. The average molecular weight is 959 g/mol. The van der Waals surface area contributed by atoms with Crippen LogP contribution >= 0.6 is 22.9 Å². The molecule has 4 N–H and O–H groups in total. The van der Waals surface area contributed by atoms with Crippen LogP contribution in [-0.4, -0.2) is 91.0 Å². The standard InChI is InChI=1S/C51H56ClN9O6S/c1-27-29(3)68-50-44(27)45(34-14-16-35(52)17-15-34)56-40(47-59-58-30(4)61(47)50)24-43(64)55-36-21-39(22-36)67-38-18-10-31(11-19-38)20-42(63)57-46(51(5,6)7)49(66)60-26-37(62)23-41(60)48(65)54-28(2)33-12-8-32(25-53)9-13-33/h8-19,28,36-37,39-41,46,62H,20-24,26H2,1-7H3,(H,54,65)(H,55,64)(H,57,63)/t28-,36?,37+,39?,40-,41-,46+/m0/s1. The van der Waals surface area contributed by atoms with E-state index in [1.54, 1.807) is 59.9 Å². The molecule has 5 atom stereocenters. The number of aliphatic hydroxyl groups excluding tert-OH is 1. The van der Waals surface area contributed by atoms with Gasteiger partial charge in [-0.25, -0.2) is 0 Å². The van der Waals surface area contributed by atoms with Gasteiger partial charge in [0.25, 0.3) is 0 Å². The van der Waals surface area contributed by atoms with E-state index in [4.69, 9.17) is 26.6 Å². The fraction of sp³-hybridized carbons (Fsp3) is 0.412. The molecule has 0 unspecified atom stereocenters. The minimum atomic E-state index is -0.972. The molecular formula is C51H56ClN9O6S. The molecule has 0 spiro atoms. The lowest BCUT2D eigenvalue weighted by Crippen LogP contribution is -2.58. The lowest BCUT2D eigenvalue weighted by atomic mass is 9.85. The maximum atomic E-state index is 14.1. The normalized spacial score (nSPS) is 20.6. The lowest BCUT2D eigenvalue weighted by molar-refractivity contribution is -0.144. The van der Waals surface area contributed by atoms with Crippen LogP contribution in [0.4, 0.5) is 0 Å². The second-order valence-corrected chi connectivity index (χ2v) is 20.8. The monoisotopic (exact) mass is 957 g/mol. The number of aliphatic imine (C=N–C) groups is 1. The summed E-state index contributed by atoms with van der Waals surface area (Å²) in [6.45, 7) is 13.4. The smallest absolute Gasteiger partial charge is 0.246 e. The van der Waals surface area contributed by atoms with Gasteiger partial charge in [0.05, 0.1) is 42.3 Å². The van der Waals surface area contributed by atoms with E-state index in [0.29, 0.717) is 40.6 Å². The summed E-state index contributed by atoms with van der Waals surface area (Å²) in [4.78, 5) is 62.6. The molecule has 1 saturated carbocycles. The number of aromatic nitrogens is 3. The Kier molecular flexibility index (Phi) is 13.9. The van der Waals surface area contributed by atoms with Crippen LogP contribution in [0.1, 0.15) is 115 Å². The van der Waals surface area contributed by atoms with E-state index in [0.717, 1.165) is 38.8 Å². The molecule has 0 bridgehead atoms. The van der Waals surface area contributed by atoms with Crippen LogP contribution < -0.4 is 20.7 Å². The van der Waals surface area contributed by atoms with Crippen molar-refractivity contribution in [2.45, 2.75) is 123 Å². The van der Waals surface area contributed by atoms with Gasteiger partial charge in [0.2, 0.25) is 23.6 Å². The molecule has 2 aromatic heterocycles. The third-order valence-electron chi connectivity index (χ3n) is 13.0. The zero-order valence-electron chi connectivity index (χ0n) is 39.2. The Labute approximate surface area is 405 Å². The number of aliphatic hydroxyl groups is 1. The van der Waals surface area contributed by atoms with E-state index in [9.17, 15) is 24.3 Å². The molecule has 15 nitrogen and oxygen atoms in total. The van der Waals surface area contributed by atoms with Crippen molar-refractivity contribution < 1.29 is 29.0 Å². The first-order valence-corrected chi connectivity index (χ1v) is 24.1. The number of benzene rings is 3. The quantitative estimate of drug-likeness (QED) is 0.0991. The van der Waals surface area contributed by atoms with Crippen molar-refractivity contribution in [3.05, 3.63) is 128 Å². The summed E-state index contributed by atoms with van der Waals surface area (Å²) in [5.74, 6) is 0.603. The van der Waals surface area contributed by atoms with Crippen molar-refractivity contribution in [2.75, 3.05) is 6.54 Å². The first-order valence-electron chi connectivity index (χ1n) is 22.9. The summed E-state index contributed by atoms with van der Waals surface area (Å²) in [5.41, 5.74) is 5.11. The second-order valence-electron chi connectivity index (χ2n) is 19.1. The van der Waals surface area contributed by atoms with Crippen molar-refractivity contribution in [3.63, 3.8) is 0 Å². The van der Waals surface area contributed by atoms with Gasteiger partial charge in [0, 0.05) is 52.9 Å². The van der Waals surface area contributed by atoms with Crippen LogP contribution in [0, 0.1) is 37.5 Å². The minimum absolute atomic E-state index is 0.00189. The number of hydrogen-bond acceptors (Lipinski definition) is 11. The van der Waals surface area contributed by atoms with Crippen LogP contribution in [0.2, 0.25) is 5.02 Å². The van der Waals surface area contributed by atoms with Gasteiger partial charge < -0.3 is 30.7 Å². The van der Waals surface area contributed by atoms with Gasteiger partial charge in [-0.1, -0.05) is 68.8 Å². The summed E-state index contributed by atoms with van der Waals surface area (Å²) >= 11 is 7.92. The number of hydrogen-bond donors (Lipinski definition) is 4. The molecule has 4 amide bonds. The van der Waals surface area contributed by atoms with E-state index in [2.05, 4.69) is 46.1 Å². The molecule has 1 aliphatic carbocycles. The van der Waals surface area contributed by atoms with Crippen molar-refractivity contribution in [2.24, 2.45) is 10.4 Å². The van der Waals surface area contributed by atoms with Gasteiger partial charge in [-0.15, -0.1) is 21.5 Å². The van der Waals surface area contributed by atoms with Crippen LogP contribution in [-0.2, 0) is 25.6 Å². The maximum Gasteiger partial charge on any atom is 0.246 e. The zero-order valence-corrected chi connectivity index (χ0v) is 40.7. The van der Waals surface area contributed by atoms with E-state index in [1.807, 2.05) is 63.5 Å². The van der Waals surface area contributed by atoms with E-state index < -0.39 is 47.5 Å². The minimum Gasteiger partial charge on any atom is -0.490 e. The number of likely N-dealkylation sites (tertiary alicyclic amines) is 1. The molecule has 354 valence electrons. The zero-order chi connectivity index (χ0) is 48.6. The van der Waals surface area contributed by atoms with Crippen molar-refractivity contribution in [1.29, 1.82) is 5.26 Å². The molecule has 0 radical (unpaired) electrons. The summed E-state index contributed by atoms with van der Waals surface area (Å²) in [5, 5.41) is 39.3. The van der Waals surface area contributed by atoms with Crippen molar-refractivity contribution >= 4 is 52.3 Å². The van der Waals surface area contributed by atoms with Gasteiger partial charge in [-0.2, -0.15) is 5.26 Å². The first-order chi connectivity index (χ1) is 32.4. The highest BCUT2D eigenvalue weighted by molar-refractivity contribution is 7.15. The highest BCUT2D eigenvalue weighted by Crippen LogP contribution is 2.40. The number of aryl methyl sites for hydroxylation is 2. The van der Waals surface area contributed by atoms with Crippen molar-refractivity contribution in [1.82, 2.24) is 35.6 Å². The number of nitrogens with one attached hydrogen (secondary N) is 3. The number of nitriles is 1. The molecule has 2 fully saturated rings. The lowest BCUT2D eigenvalue weighted by Gasteiger charge is -2.36. The number of thiophene rings is 1. The predicted octanol–water partition coefficient (Wildman–Crippen LogP) is 6.70. The van der Waals surface area contributed by atoms with Gasteiger partial charge >= 0.3 is 0 Å². The summed E-state index contributed by atoms with van der Waals surface area (Å²) in [7, 11) is 0. The molecular weight excluding hydrogens is 902 g/mol. The number of carbonyl (C=O) groups excluding carboxylic acids is 4. The average Bonchev–Trinajstić information content (AvgIpc) is 3.94. The number of amides is 4. The Bertz CT molecular complexity index is 2790. The fourth-order valence-corrected chi connectivity index (χ4v) is 10.3. The molecule has 3 aromatic carbocycles. The number of β-amino-alcohol motifs (C(OH)–C–C–N with tert-alkyl or cyclic N) is 1. The Balaban J connectivity index is 0.839. The van der Waals surface area contributed by atoms with E-state index in [-0.39, 0.29) is 49.8 Å². The second kappa shape index (κ2) is 19.7. The maximum absolute atomic E-state index is 14.1. The number of rotatable bonds is 13. The Morgan fingerprint density at radius 1 is 0.941 bits per heavy atom. The molecule has 4 heterocycles. The SMILES string of the molecule is Cc1sc2c(c1C)C(c1ccc(Cl)cc1)=N[C@@H](CC(=O)NC1CC(Oc3ccc(CC(=O)N[C@H](C(=O)N4C[C@H](O)C[C@H]4C(=O)N[C@@H](C)c4ccc(C#N)cc4)C(C)(C)C)cc3)C1)c1nnc(C)n1-2. The van der Waals surface area contributed by atoms with Crippen LogP contribution in [0.3, 0.4) is 0 Å². The predicted molar refractivity (Wildman–Crippen MR) is 259 cm³/mol. The molecule has 8 rings (SSSR count). The first kappa shape index (κ1) is 48.1. The number of fused-ring (bicyclic) bond motifs is 3. The van der Waals surface area contributed by atoms with Crippen LogP contribution in [0.15, 0.2) is 77.8 Å². The van der Waals surface area contributed by atoms with Crippen molar-refractivity contribution in [3.8, 4) is 16.8 Å². The highest BCUT2D eigenvalue weighted by Gasteiger charge is 2.45. The summed E-state index contributed by atoms with van der Waals surface area (Å²) < 4.78 is 8.26. The van der Waals surface area contributed by atoms with E-state index >= 15 is 0 Å². The number of halogens is 1. The number of carbonyl (C=O) groups is 4. The molecule has 3 aliphatic rings. The Hall–Kier alpha value is -6.41. The number of ether oxygens (including phenoxy) is 1. The summed E-state index contributed by atoms with van der Waals surface area (Å²) in [6.07, 6.45) is 0.398. The van der Waals surface area contributed by atoms with Gasteiger partial charge in [0.15, 0.2) is 5.82 Å². The van der Waals surface area contributed by atoms with Crippen LogP contribution in [0.5, 0.6) is 5.75 Å². The molecule has 5 aromatic rings. The fourth-order valence-electron chi connectivity index (χ4n) is 9.01. The van der Waals surface area contributed by atoms with Gasteiger partial charge in [-0.05, 0) is 86.2 Å². The molecule has 1 saturated heterocycles. The Morgan fingerprint density at radius 3 is 2.29 bits per heavy atom. The summed E-state index contributed by atoms with van der Waals surface area (Å²) in [6, 6.07) is 20.8. The topological polar surface area (TPSA) is 204 Å². The van der Waals surface area contributed by atoms with Gasteiger partial charge in [0.1, 0.15) is 40.8 Å². The van der Waals surface area contributed by atoms with Crippen LogP contribution in [0.25, 0.3) is 5.00 Å². The molecule has 68 heavy (non-hydrogen) atoms. The molecule has 2 aliphatic heterocycles. The number of nitrogens with zero attached hydrogens (tertiary/aromatic N) is 6. The largest absolute Gasteiger partial charge is 0.490 e.